The van der Waals surface area contributed by atoms with Crippen LogP contribution in [0.25, 0.3) is 0 Å². The Morgan fingerprint density at radius 2 is 1.92 bits per heavy atom. The summed E-state index contributed by atoms with van der Waals surface area (Å²) in [6, 6.07) is 6.20. The Bertz CT molecular complexity index is 1430. The van der Waals surface area contributed by atoms with Crippen molar-refractivity contribution in [3.63, 3.8) is 0 Å². The van der Waals surface area contributed by atoms with Gasteiger partial charge in [-0.2, -0.15) is 18.3 Å². The second-order valence-corrected chi connectivity index (χ2v) is 11.0. The van der Waals surface area contributed by atoms with E-state index in [9.17, 15) is 22.8 Å². The molecule has 3 atom stereocenters. The number of hydrogen-bond donors (Lipinski definition) is 0. The van der Waals surface area contributed by atoms with Crippen LogP contribution in [-0.2, 0) is 19.1 Å². The molecule has 0 spiro atoms. The van der Waals surface area contributed by atoms with E-state index in [-0.39, 0.29) is 36.1 Å². The van der Waals surface area contributed by atoms with Crippen molar-refractivity contribution in [2.45, 2.75) is 58.0 Å². The molecule has 2 aliphatic heterocycles. The fraction of sp³-hybridized carbons (Fsp3) is 0.385. The lowest BCUT2D eigenvalue weighted by molar-refractivity contribution is -0.137. The third-order valence-electron chi connectivity index (χ3n) is 7.26. The number of alkyl halides is 3. The number of benzene rings is 1. The topological polar surface area (TPSA) is 71.3 Å². The third-order valence-corrected chi connectivity index (χ3v) is 8.06. The summed E-state index contributed by atoms with van der Waals surface area (Å²) < 4.78 is 42.6. The van der Waals surface area contributed by atoms with Gasteiger partial charge in [-0.15, -0.1) is 0 Å². The Kier molecular flexibility index (Phi) is 6.79. The zero-order valence-electron chi connectivity index (χ0n) is 20.8. The Balaban J connectivity index is 1.47. The molecule has 2 aliphatic rings. The summed E-state index contributed by atoms with van der Waals surface area (Å²) in [5.74, 6) is -0.771. The largest absolute Gasteiger partial charge is 0.417 e. The van der Waals surface area contributed by atoms with Crippen LogP contribution >= 0.6 is 27.5 Å². The molecule has 2 aromatic heterocycles. The molecule has 0 aliphatic carbocycles. The van der Waals surface area contributed by atoms with Crippen molar-refractivity contribution in [1.82, 2.24) is 24.6 Å². The lowest BCUT2D eigenvalue weighted by atomic mass is 9.96. The van der Waals surface area contributed by atoms with Crippen molar-refractivity contribution in [3.05, 3.63) is 79.8 Å². The van der Waals surface area contributed by atoms with Crippen LogP contribution in [0.5, 0.6) is 0 Å². The second-order valence-electron chi connectivity index (χ2n) is 9.79. The highest BCUT2D eigenvalue weighted by Gasteiger charge is 2.41. The second kappa shape index (κ2) is 9.68. The first-order valence-electron chi connectivity index (χ1n) is 12.1. The zero-order chi connectivity index (χ0) is 27.5. The number of amides is 2. The molecule has 3 aromatic rings. The van der Waals surface area contributed by atoms with Gasteiger partial charge in [0.2, 0.25) is 0 Å². The van der Waals surface area contributed by atoms with Crippen LogP contribution in [0.4, 0.5) is 13.2 Å². The first-order valence-corrected chi connectivity index (χ1v) is 13.2. The van der Waals surface area contributed by atoms with Crippen molar-refractivity contribution in [2.75, 3.05) is 6.54 Å². The number of pyridine rings is 1. The zero-order valence-corrected chi connectivity index (χ0v) is 23.1. The summed E-state index contributed by atoms with van der Waals surface area (Å²) >= 11 is 9.08. The van der Waals surface area contributed by atoms with Gasteiger partial charge in [0.25, 0.3) is 11.8 Å². The van der Waals surface area contributed by atoms with Gasteiger partial charge in [0.05, 0.1) is 34.9 Å². The number of nitrogens with zero attached hydrogens (tertiary/aromatic N) is 5. The average molecular weight is 611 g/mol. The molecule has 0 saturated heterocycles. The number of hydrogen-bond acceptors (Lipinski definition) is 4. The first-order chi connectivity index (χ1) is 17.9. The van der Waals surface area contributed by atoms with Crippen LogP contribution in [0.3, 0.4) is 0 Å². The van der Waals surface area contributed by atoms with Gasteiger partial charge in [-0.05, 0) is 66.5 Å². The molecule has 7 nitrogen and oxygen atoms in total. The van der Waals surface area contributed by atoms with Crippen molar-refractivity contribution < 1.29 is 22.8 Å². The minimum Gasteiger partial charge on any atom is -0.331 e. The number of fused-ring (bicyclic) bond motifs is 3. The van der Waals surface area contributed by atoms with Crippen LogP contribution in [0.2, 0.25) is 5.02 Å². The van der Waals surface area contributed by atoms with E-state index in [0.717, 1.165) is 23.4 Å². The van der Waals surface area contributed by atoms with Crippen LogP contribution in [0, 0.1) is 0 Å². The summed E-state index contributed by atoms with van der Waals surface area (Å²) in [6.07, 6.45) is -2.59. The Morgan fingerprint density at radius 3 is 2.58 bits per heavy atom. The number of carbonyl (C=O) groups excluding carboxylic acids is 2. The van der Waals surface area contributed by atoms with Gasteiger partial charge in [0.15, 0.2) is 0 Å². The molecule has 2 amide bonds. The van der Waals surface area contributed by atoms with Crippen molar-refractivity contribution in [3.8, 4) is 0 Å². The summed E-state index contributed by atoms with van der Waals surface area (Å²) in [6.45, 7) is 6.25. The van der Waals surface area contributed by atoms with Gasteiger partial charge >= 0.3 is 6.18 Å². The molecule has 1 unspecified atom stereocenters. The fourth-order valence-electron chi connectivity index (χ4n) is 5.15. The maximum absolute atomic E-state index is 13.8. The van der Waals surface area contributed by atoms with E-state index in [1.165, 1.54) is 11.0 Å². The lowest BCUT2D eigenvalue weighted by Gasteiger charge is -2.37. The maximum Gasteiger partial charge on any atom is 0.417 e. The van der Waals surface area contributed by atoms with Crippen molar-refractivity contribution >= 4 is 39.3 Å². The summed E-state index contributed by atoms with van der Waals surface area (Å²) in [5, 5.41) is 4.25. The minimum absolute atomic E-state index is 0.0646. The highest BCUT2D eigenvalue weighted by atomic mass is 79.9. The van der Waals surface area contributed by atoms with E-state index in [1.807, 2.05) is 32.9 Å². The number of carbonyl (C=O) groups is 2. The van der Waals surface area contributed by atoms with Gasteiger partial charge in [-0.1, -0.05) is 17.7 Å². The fourth-order valence-corrected chi connectivity index (χ4v) is 5.61. The maximum atomic E-state index is 13.8. The Morgan fingerprint density at radius 1 is 1.18 bits per heavy atom. The summed E-state index contributed by atoms with van der Waals surface area (Å²) in [4.78, 5) is 34.7. The van der Waals surface area contributed by atoms with Crippen LogP contribution in [0.15, 0.2) is 41.1 Å². The Labute approximate surface area is 230 Å². The van der Waals surface area contributed by atoms with Gasteiger partial charge in [0.1, 0.15) is 10.3 Å². The third kappa shape index (κ3) is 4.59. The van der Waals surface area contributed by atoms with Gasteiger partial charge < -0.3 is 9.80 Å². The lowest BCUT2D eigenvalue weighted by Crippen LogP contribution is -2.45. The van der Waals surface area contributed by atoms with Crippen LogP contribution in [-0.4, -0.2) is 49.0 Å². The molecule has 0 bridgehead atoms. The van der Waals surface area contributed by atoms with E-state index in [0.29, 0.717) is 28.8 Å². The highest BCUT2D eigenvalue weighted by molar-refractivity contribution is 9.10. The van der Waals surface area contributed by atoms with Gasteiger partial charge in [-0.3, -0.25) is 14.3 Å². The van der Waals surface area contributed by atoms with Crippen molar-refractivity contribution in [2.24, 2.45) is 0 Å². The predicted octanol–water partition coefficient (Wildman–Crippen LogP) is 6.08. The highest BCUT2D eigenvalue weighted by Crippen LogP contribution is 2.37. The van der Waals surface area contributed by atoms with Crippen molar-refractivity contribution in [1.29, 1.82) is 0 Å². The van der Waals surface area contributed by atoms with E-state index in [4.69, 9.17) is 16.7 Å². The standard InChI is InChI=1S/C26H24BrClF3N5O2/c1-13-8-21-18(12-34(13)24(37)16-4-6-20(28)19(9-16)26(29,30)31)23-25(38)35(11-14(2)36(23)33-21)15(3)17-5-7-22(27)32-10-17/h4-7,9-10,13-15H,8,11-12H2,1-3H3/t13-,14-,15?/m1/s1. The van der Waals surface area contributed by atoms with Gasteiger partial charge in [-0.25, -0.2) is 4.98 Å². The van der Waals surface area contributed by atoms with Gasteiger partial charge in [0, 0.05) is 36.3 Å². The van der Waals surface area contributed by atoms with E-state index in [1.54, 1.807) is 15.8 Å². The molecular formula is C26H24BrClF3N5O2. The summed E-state index contributed by atoms with van der Waals surface area (Å²) in [5.41, 5.74) is 1.47. The van der Waals surface area contributed by atoms with E-state index >= 15 is 0 Å². The predicted molar refractivity (Wildman–Crippen MR) is 138 cm³/mol. The molecule has 0 radical (unpaired) electrons. The quantitative estimate of drug-likeness (QED) is 0.337. The average Bonchev–Trinajstić information content (AvgIpc) is 3.24. The normalized spacial score (nSPS) is 20.3. The number of halogens is 5. The summed E-state index contributed by atoms with van der Waals surface area (Å²) in [7, 11) is 0. The number of rotatable bonds is 3. The molecule has 5 rings (SSSR count). The molecule has 4 heterocycles. The monoisotopic (exact) mass is 609 g/mol. The number of aromatic nitrogens is 3. The molecule has 1 aromatic carbocycles. The van der Waals surface area contributed by atoms with Crippen LogP contribution in [0.1, 0.15) is 76.1 Å². The minimum atomic E-state index is -4.69. The smallest absolute Gasteiger partial charge is 0.331 e. The molecule has 12 heteroatoms. The molecular weight excluding hydrogens is 587 g/mol. The Hall–Kier alpha value is -2.92. The molecule has 38 heavy (non-hydrogen) atoms. The van der Waals surface area contributed by atoms with Crippen LogP contribution < -0.4 is 0 Å². The van der Waals surface area contributed by atoms with E-state index < -0.39 is 22.7 Å². The molecule has 0 N–H and O–H groups in total. The molecule has 0 saturated carbocycles. The van der Waals surface area contributed by atoms with E-state index in [2.05, 4.69) is 20.9 Å². The molecule has 200 valence electrons. The molecule has 0 fully saturated rings. The SMILES string of the molecule is CC(c1ccc(Br)nc1)N1C[C@@H](C)n2nc3c(c2C1=O)CN(C(=O)c1ccc(Cl)c(C(F)(F)F)c1)[C@H](C)C3. The first kappa shape index (κ1) is 26.7.